The van der Waals surface area contributed by atoms with E-state index in [2.05, 4.69) is 32.5 Å². The van der Waals surface area contributed by atoms with E-state index in [9.17, 15) is 9.59 Å². The van der Waals surface area contributed by atoms with Gasteiger partial charge in [-0.15, -0.1) is 0 Å². The molecule has 6 heteroatoms. The summed E-state index contributed by atoms with van der Waals surface area (Å²) >= 11 is 0. The molecule has 14 heavy (non-hydrogen) atoms. The lowest BCUT2D eigenvalue weighted by Gasteiger charge is -1.73. The molecule has 0 aliphatic heterocycles. The molecule has 0 bridgehead atoms. The molecule has 0 aliphatic carbocycles. The third kappa shape index (κ3) is 6.62. The molecule has 6 nitrogen and oxygen atoms in total. The Morgan fingerprint density at radius 2 is 1.36 bits per heavy atom. The Labute approximate surface area is 81.2 Å². The number of hydrogen-bond acceptors (Lipinski definition) is 4. The zero-order chi connectivity index (χ0) is 10.8. The largest absolute Gasteiger partial charge is 0.522 e. The lowest BCUT2D eigenvalue weighted by atomic mass is 10.2. The van der Waals surface area contributed by atoms with E-state index in [-0.39, 0.29) is 0 Å². The summed E-state index contributed by atoms with van der Waals surface area (Å²) < 4.78 is 0. The van der Waals surface area contributed by atoms with Crippen molar-refractivity contribution >= 4 is 12.6 Å². The van der Waals surface area contributed by atoms with Crippen LogP contribution in [0.25, 0.3) is 9.91 Å². The second-order valence-corrected chi connectivity index (χ2v) is 2.49. The number of rotatable bonds is 2. The van der Waals surface area contributed by atoms with E-state index in [0.717, 1.165) is 0 Å². The normalized spacial score (nSPS) is 13.0. The van der Waals surface area contributed by atoms with Crippen LogP contribution in [0, 0.1) is 24.0 Å². The van der Waals surface area contributed by atoms with Gasteiger partial charge in [0.25, 0.3) is 0 Å². The van der Waals surface area contributed by atoms with Crippen molar-refractivity contribution < 1.29 is 9.59 Å². The molecule has 2 unspecified atom stereocenters. The smallest absolute Gasteiger partial charge is 0.302 e. The molecule has 0 heterocycles. The summed E-state index contributed by atoms with van der Waals surface area (Å²) in [7, 11) is 0. The summed E-state index contributed by atoms with van der Waals surface area (Å²) in [6, 6.07) is 4.75. The van der Waals surface area contributed by atoms with Gasteiger partial charge in [0.05, 0.1) is 9.91 Å². The van der Waals surface area contributed by atoms with Crippen molar-refractivity contribution in [2.24, 2.45) is 22.3 Å². The maximum Gasteiger partial charge on any atom is 0.522 e. The minimum Gasteiger partial charge on any atom is -0.302 e. The van der Waals surface area contributed by atoms with Crippen LogP contribution in [0.4, 0.5) is 0 Å². The molecule has 0 rings (SSSR count). The fraction of sp³-hybridized carbons (Fsp3) is 0.500. The molecular weight excluding hydrogens is 184 g/mol. The molecule has 72 valence electrons. The topological polar surface area (TPSA) is 67.6 Å². The van der Waals surface area contributed by atoms with Gasteiger partial charge in [-0.2, -0.15) is 0 Å². The summed E-state index contributed by atoms with van der Waals surface area (Å²) in [6.45, 7) is 3.21. The number of nitrogens with zero attached hydrogens (tertiary/aromatic N) is 4. The molecule has 0 aromatic rings. The third-order valence-corrected chi connectivity index (χ3v) is 1.06. The Morgan fingerprint density at radius 3 is 1.64 bits per heavy atom. The Hall–Kier alpha value is -2.08. The van der Waals surface area contributed by atoms with Gasteiger partial charge in [0, 0.05) is 0 Å². The Morgan fingerprint density at radius 1 is 1.00 bits per heavy atom. The van der Waals surface area contributed by atoms with Gasteiger partial charge in [-0.25, -0.2) is 0 Å². The number of aldehydes is 2. The van der Waals surface area contributed by atoms with Crippen LogP contribution >= 0.6 is 0 Å². The predicted octanol–water partition coefficient (Wildman–Crippen LogP) is 1.60. The molecule has 0 aromatic carbocycles. The highest BCUT2D eigenvalue weighted by Crippen LogP contribution is 1.89. The van der Waals surface area contributed by atoms with Gasteiger partial charge in [-0.05, 0) is 13.8 Å². The van der Waals surface area contributed by atoms with Crippen LogP contribution in [0.5, 0.6) is 0 Å². The summed E-state index contributed by atoms with van der Waals surface area (Å²) in [5.41, 5.74) is 0. The zero-order valence-electron chi connectivity index (χ0n) is 7.91. The van der Waals surface area contributed by atoms with E-state index in [1.54, 1.807) is 13.8 Å². The average Bonchev–Trinajstić information content (AvgIpc) is 2.22. The van der Waals surface area contributed by atoms with Crippen molar-refractivity contribution in [3.05, 3.63) is 9.91 Å². The maximum absolute atomic E-state index is 10.1. The first-order valence-electron chi connectivity index (χ1n) is 3.92. The van der Waals surface area contributed by atoms with Crippen LogP contribution in [0.15, 0.2) is 10.4 Å². The molecular formula is C8H10N4O2+2. The monoisotopic (exact) mass is 194 g/mol. The standard InChI is InChI=1S/C8H10N4O2/c1-7(5-13)3-9-11-12-10-4-8(2)6-14/h5-8H,1-2H3/q+2. The molecule has 0 aliphatic rings. The minimum atomic E-state index is -0.421. The summed E-state index contributed by atoms with van der Waals surface area (Å²) in [6.07, 6.45) is 1.34. The zero-order valence-corrected chi connectivity index (χ0v) is 7.91. The highest BCUT2D eigenvalue weighted by Gasteiger charge is 2.02. The van der Waals surface area contributed by atoms with Gasteiger partial charge in [0.2, 0.25) is 12.1 Å². The molecule has 0 aromatic heterocycles. The van der Waals surface area contributed by atoms with E-state index >= 15 is 0 Å². The Kier molecular flexibility index (Phi) is 6.44. The van der Waals surface area contributed by atoms with Crippen molar-refractivity contribution in [2.45, 2.75) is 13.8 Å². The number of carbonyl (C=O) groups excluding carboxylic acids is 2. The summed E-state index contributed by atoms with van der Waals surface area (Å²) in [5.74, 6) is -0.841. The first-order chi connectivity index (χ1) is 6.70. The van der Waals surface area contributed by atoms with Crippen molar-refractivity contribution in [3.63, 3.8) is 0 Å². The van der Waals surface area contributed by atoms with Crippen LogP contribution in [-0.4, -0.2) is 12.6 Å². The van der Waals surface area contributed by atoms with Crippen LogP contribution in [0.2, 0.25) is 0 Å². The number of hydrogen-bond donors (Lipinski definition) is 0. The van der Waals surface area contributed by atoms with Crippen molar-refractivity contribution in [2.75, 3.05) is 0 Å². The van der Waals surface area contributed by atoms with Crippen LogP contribution < -0.4 is 0 Å². The SMILES string of the molecule is CC(C#[N+]N=N[N+]#CC(C)C=O)C=O. The molecule has 0 N–H and O–H groups in total. The molecule has 0 saturated carbocycles. The number of carbonyl (C=O) groups is 2. The average molecular weight is 194 g/mol. The first-order valence-corrected chi connectivity index (χ1v) is 3.92. The van der Waals surface area contributed by atoms with Gasteiger partial charge in [-0.3, -0.25) is 0 Å². The Bertz CT molecular complexity index is 308. The lowest BCUT2D eigenvalue weighted by molar-refractivity contribution is -0.110. The van der Waals surface area contributed by atoms with Gasteiger partial charge in [0.1, 0.15) is 24.4 Å². The fourth-order valence-electron chi connectivity index (χ4n) is 0.335. The highest BCUT2D eigenvalue weighted by molar-refractivity contribution is 5.57. The molecule has 0 radical (unpaired) electrons. The fourth-order valence-corrected chi connectivity index (χ4v) is 0.335. The van der Waals surface area contributed by atoms with E-state index in [0.29, 0.717) is 12.6 Å². The molecule has 2 atom stereocenters. The summed E-state index contributed by atoms with van der Waals surface area (Å²) in [5, 5.41) is 6.40. The van der Waals surface area contributed by atoms with Gasteiger partial charge in [0.15, 0.2) is 0 Å². The second-order valence-electron chi connectivity index (χ2n) is 2.49. The van der Waals surface area contributed by atoms with Crippen LogP contribution in [0.1, 0.15) is 13.8 Å². The summed E-state index contributed by atoms with van der Waals surface area (Å²) in [4.78, 5) is 26.8. The molecule has 0 fully saturated rings. The van der Waals surface area contributed by atoms with E-state index in [1.165, 1.54) is 0 Å². The minimum absolute atomic E-state index is 0.421. The van der Waals surface area contributed by atoms with Crippen LogP contribution in [-0.2, 0) is 9.59 Å². The van der Waals surface area contributed by atoms with Gasteiger partial charge in [-0.1, -0.05) is 0 Å². The van der Waals surface area contributed by atoms with Crippen molar-refractivity contribution in [1.29, 1.82) is 0 Å². The molecule has 0 amide bonds. The van der Waals surface area contributed by atoms with Gasteiger partial charge >= 0.3 is 10.4 Å². The van der Waals surface area contributed by atoms with Crippen molar-refractivity contribution in [3.8, 4) is 12.1 Å². The molecule has 0 saturated heterocycles. The third-order valence-electron chi connectivity index (χ3n) is 1.06. The molecule has 0 spiro atoms. The second kappa shape index (κ2) is 7.56. The van der Waals surface area contributed by atoms with E-state index in [4.69, 9.17) is 0 Å². The lowest BCUT2D eigenvalue weighted by Crippen LogP contribution is -1.87. The Balaban J connectivity index is 4.03. The maximum atomic E-state index is 10.1. The van der Waals surface area contributed by atoms with E-state index < -0.39 is 11.8 Å². The first kappa shape index (κ1) is 11.9. The van der Waals surface area contributed by atoms with Gasteiger partial charge < -0.3 is 9.59 Å². The van der Waals surface area contributed by atoms with Crippen LogP contribution in [0.3, 0.4) is 0 Å². The predicted molar refractivity (Wildman–Crippen MR) is 49.8 cm³/mol. The van der Waals surface area contributed by atoms with Crippen molar-refractivity contribution in [1.82, 2.24) is 0 Å². The van der Waals surface area contributed by atoms with E-state index in [1.807, 2.05) is 0 Å². The highest BCUT2D eigenvalue weighted by atomic mass is 16.1. The quantitative estimate of drug-likeness (QED) is 0.380.